The van der Waals surface area contributed by atoms with Crippen molar-refractivity contribution in [2.45, 2.75) is 29.7 Å². The van der Waals surface area contributed by atoms with Gasteiger partial charge in [0.25, 0.3) is 0 Å². The van der Waals surface area contributed by atoms with Gasteiger partial charge in [0.2, 0.25) is 10.0 Å². The number of ether oxygens (including phenoxy) is 1. The van der Waals surface area contributed by atoms with Crippen LogP contribution in [0.5, 0.6) is 0 Å². The van der Waals surface area contributed by atoms with Crippen LogP contribution in [0.1, 0.15) is 18.4 Å². The SMILES string of the molecule is COC1CCN(S(=O)(=O)c2ccc(CCl)cc2Br)CC1. The molecule has 0 saturated carbocycles. The third kappa shape index (κ3) is 3.36. The van der Waals surface area contributed by atoms with Crippen molar-refractivity contribution < 1.29 is 13.2 Å². The molecule has 0 radical (unpaired) electrons. The zero-order chi connectivity index (χ0) is 14.8. The summed E-state index contributed by atoms with van der Waals surface area (Å²) >= 11 is 9.08. The molecule has 0 spiro atoms. The molecular weight excluding hydrogens is 366 g/mol. The maximum absolute atomic E-state index is 12.6. The molecule has 1 heterocycles. The Morgan fingerprint density at radius 1 is 1.40 bits per heavy atom. The first-order chi connectivity index (χ1) is 9.48. The molecule has 4 nitrogen and oxygen atoms in total. The van der Waals surface area contributed by atoms with Gasteiger partial charge in [-0.15, -0.1) is 11.6 Å². The van der Waals surface area contributed by atoms with Crippen molar-refractivity contribution in [2.24, 2.45) is 0 Å². The predicted octanol–water partition coefficient (Wildman–Crippen LogP) is 2.99. The van der Waals surface area contributed by atoms with Crippen molar-refractivity contribution in [3.05, 3.63) is 28.2 Å². The van der Waals surface area contributed by atoms with Crippen LogP contribution in [0.15, 0.2) is 27.6 Å². The highest BCUT2D eigenvalue weighted by Crippen LogP contribution is 2.28. The summed E-state index contributed by atoms with van der Waals surface area (Å²) in [5.74, 6) is 0.359. The summed E-state index contributed by atoms with van der Waals surface area (Å²) in [5, 5.41) is 0. The van der Waals surface area contributed by atoms with E-state index in [0.717, 1.165) is 18.4 Å². The molecule has 0 amide bonds. The normalized spacial score (nSPS) is 18.4. The molecule has 1 aromatic rings. The van der Waals surface area contributed by atoms with E-state index in [0.29, 0.717) is 28.3 Å². The fourth-order valence-corrected chi connectivity index (χ4v) is 5.01. The lowest BCUT2D eigenvalue weighted by Gasteiger charge is -2.30. The van der Waals surface area contributed by atoms with E-state index in [2.05, 4.69) is 15.9 Å². The van der Waals surface area contributed by atoms with Crippen molar-refractivity contribution in [2.75, 3.05) is 20.2 Å². The van der Waals surface area contributed by atoms with Crippen LogP contribution in [0.4, 0.5) is 0 Å². The van der Waals surface area contributed by atoms with Gasteiger partial charge in [-0.1, -0.05) is 6.07 Å². The van der Waals surface area contributed by atoms with Crippen LogP contribution in [-0.2, 0) is 20.6 Å². The number of hydrogen-bond donors (Lipinski definition) is 0. The molecular formula is C13H17BrClNO3S. The first-order valence-corrected chi connectivity index (χ1v) is 9.13. The second-order valence-electron chi connectivity index (χ2n) is 4.74. The second-order valence-corrected chi connectivity index (χ2v) is 7.77. The van der Waals surface area contributed by atoms with Gasteiger partial charge >= 0.3 is 0 Å². The Morgan fingerprint density at radius 2 is 2.05 bits per heavy atom. The molecule has 0 atom stereocenters. The van der Waals surface area contributed by atoms with E-state index in [-0.39, 0.29) is 6.10 Å². The van der Waals surface area contributed by atoms with E-state index < -0.39 is 10.0 Å². The van der Waals surface area contributed by atoms with E-state index >= 15 is 0 Å². The molecule has 0 bridgehead atoms. The first kappa shape index (κ1) is 16.2. The van der Waals surface area contributed by atoms with Gasteiger partial charge in [-0.05, 0) is 46.5 Å². The van der Waals surface area contributed by atoms with Crippen LogP contribution >= 0.6 is 27.5 Å². The van der Waals surface area contributed by atoms with E-state index in [1.807, 2.05) is 0 Å². The van der Waals surface area contributed by atoms with Gasteiger partial charge in [0.05, 0.1) is 11.0 Å². The number of alkyl halides is 1. The largest absolute Gasteiger partial charge is 0.381 e. The maximum Gasteiger partial charge on any atom is 0.244 e. The molecule has 1 aliphatic heterocycles. The van der Waals surface area contributed by atoms with Gasteiger partial charge in [0.1, 0.15) is 0 Å². The Hall–Kier alpha value is -0.140. The summed E-state index contributed by atoms with van der Waals surface area (Å²) in [5.41, 5.74) is 0.885. The smallest absolute Gasteiger partial charge is 0.244 e. The number of piperidine rings is 1. The third-order valence-electron chi connectivity index (χ3n) is 3.50. The van der Waals surface area contributed by atoms with Crippen molar-refractivity contribution in [3.8, 4) is 0 Å². The molecule has 1 aromatic carbocycles. The van der Waals surface area contributed by atoms with E-state index in [4.69, 9.17) is 16.3 Å². The Balaban J connectivity index is 2.23. The molecule has 20 heavy (non-hydrogen) atoms. The summed E-state index contributed by atoms with van der Waals surface area (Å²) in [4.78, 5) is 0.294. The summed E-state index contributed by atoms with van der Waals surface area (Å²) in [6.07, 6.45) is 1.61. The highest BCUT2D eigenvalue weighted by atomic mass is 79.9. The average molecular weight is 383 g/mol. The van der Waals surface area contributed by atoms with Crippen molar-refractivity contribution in [1.82, 2.24) is 4.31 Å². The second kappa shape index (κ2) is 6.75. The summed E-state index contributed by atoms with van der Waals surface area (Å²) in [6, 6.07) is 5.11. The van der Waals surface area contributed by atoms with Crippen LogP contribution in [0.3, 0.4) is 0 Å². The van der Waals surface area contributed by atoms with Crippen LogP contribution in [0.2, 0.25) is 0 Å². The number of nitrogens with zero attached hydrogens (tertiary/aromatic N) is 1. The van der Waals surface area contributed by atoms with E-state index in [1.54, 1.807) is 25.3 Å². The monoisotopic (exact) mass is 381 g/mol. The molecule has 112 valence electrons. The fourth-order valence-electron chi connectivity index (χ4n) is 2.28. The number of benzene rings is 1. The molecule has 1 fully saturated rings. The maximum atomic E-state index is 12.6. The lowest BCUT2D eigenvalue weighted by Crippen LogP contribution is -2.40. The highest BCUT2D eigenvalue weighted by Gasteiger charge is 2.30. The predicted molar refractivity (Wildman–Crippen MR) is 82.5 cm³/mol. The van der Waals surface area contributed by atoms with E-state index in [9.17, 15) is 8.42 Å². The van der Waals surface area contributed by atoms with Crippen molar-refractivity contribution in [3.63, 3.8) is 0 Å². The minimum Gasteiger partial charge on any atom is -0.381 e. The van der Waals surface area contributed by atoms with Gasteiger partial charge in [-0.3, -0.25) is 0 Å². The number of halogens is 2. The molecule has 0 unspecified atom stereocenters. The Morgan fingerprint density at radius 3 is 2.55 bits per heavy atom. The summed E-state index contributed by atoms with van der Waals surface area (Å²) in [6.45, 7) is 0.981. The number of hydrogen-bond acceptors (Lipinski definition) is 3. The van der Waals surface area contributed by atoms with Crippen molar-refractivity contribution >= 4 is 37.6 Å². The van der Waals surface area contributed by atoms with Gasteiger partial charge < -0.3 is 4.74 Å². The molecule has 0 N–H and O–H groups in total. The zero-order valence-corrected chi connectivity index (χ0v) is 14.3. The third-order valence-corrected chi connectivity index (χ3v) is 6.69. The Bertz CT molecular complexity index is 571. The topological polar surface area (TPSA) is 46.6 Å². The molecule has 0 aromatic heterocycles. The minimum atomic E-state index is -3.46. The Labute approximate surface area is 133 Å². The standard InChI is InChI=1S/C13H17BrClNO3S/c1-19-11-4-6-16(7-5-11)20(17,18)13-3-2-10(9-15)8-12(13)14/h2-3,8,11H,4-7,9H2,1H3. The molecule has 7 heteroatoms. The molecule has 1 saturated heterocycles. The number of sulfonamides is 1. The lowest BCUT2D eigenvalue weighted by atomic mass is 10.1. The van der Waals surface area contributed by atoms with Crippen LogP contribution < -0.4 is 0 Å². The van der Waals surface area contributed by atoms with Gasteiger partial charge in [-0.25, -0.2) is 8.42 Å². The van der Waals surface area contributed by atoms with Crippen molar-refractivity contribution in [1.29, 1.82) is 0 Å². The quantitative estimate of drug-likeness (QED) is 0.752. The fraction of sp³-hybridized carbons (Fsp3) is 0.538. The summed E-state index contributed by atoms with van der Waals surface area (Å²) < 4.78 is 32.6. The first-order valence-electron chi connectivity index (χ1n) is 6.36. The Kier molecular flexibility index (Phi) is 5.48. The lowest BCUT2D eigenvalue weighted by molar-refractivity contribution is 0.0604. The summed E-state index contributed by atoms with van der Waals surface area (Å²) in [7, 11) is -1.80. The minimum absolute atomic E-state index is 0.156. The molecule has 1 aliphatic rings. The number of rotatable bonds is 4. The van der Waals surface area contributed by atoms with Gasteiger partial charge in [-0.2, -0.15) is 4.31 Å². The van der Waals surface area contributed by atoms with E-state index in [1.165, 1.54) is 4.31 Å². The van der Waals surface area contributed by atoms with Gasteiger partial charge in [0, 0.05) is 30.6 Å². The zero-order valence-electron chi connectivity index (χ0n) is 11.2. The van der Waals surface area contributed by atoms with Gasteiger partial charge in [0.15, 0.2) is 0 Å². The van der Waals surface area contributed by atoms with Crippen LogP contribution in [0, 0.1) is 0 Å². The average Bonchev–Trinajstić information content (AvgIpc) is 2.46. The molecule has 2 rings (SSSR count). The highest BCUT2D eigenvalue weighted by molar-refractivity contribution is 9.10. The van der Waals surface area contributed by atoms with Crippen LogP contribution in [0.25, 0.3) is 0 Å². The van der Waals surface area contributed by atoms with Crippen LogP contribution in [-0.4, -0.2) is 39.0 Å². The number of methoxy groups -OCH3 is 1. The molecule has 0 aliphatic carbocycles.